The zero-order valence-electron chi connectivity index (χ0n) is 15.5. The molecule has 1 saturated carbocycles. The molecule has 1 aliphatic carbocycles. The molecule has 2 aliphatic rings. The second-order valence-electron chi connectivity index (χ2n) is 7.42. The van der Waals surface area contributed by atoms with Crippen molar-refractivity contribution in [1.82, 2.24) is 9.80 Å². The minimum absolute atomic E-state index is 0.00530. The average Bonchev–Trinajstić information content (AvgIpc) is 3.51. The highest BCUT2D eigenvalue weighted by atomic mass is 35.5. The van der Waals surface area contributed by atoms with E-state index in [2.05, 4.69) is 0 Å². The van der Waals surface area contributed by atoms with Gasteiger partial charge in [-0.1, -0.05) is 53.5 Å². The molecule has 4 nitrogen and oxygen atoms in total. The fraction of sp³-hybridized carbons (Fsp3) is 0.364. The van der Waals surface area contributed by atoms with Crippen LogP contribution in [0.4, 0.5) is 0 Å². The van der Waals surface area contributed by atoms with Gasteiger partial charge in [-0.25, -0.2) is 0 Å². The van der Waals surface area contributed by atoms with Gasteiger partial charge in [-0.2, -0.15) is 0 Å². The third-order valence-electron chi connectivity index (χ3n) is 5.61. The molecular weight excluding hydrogens is 395 g/mol. The topological polar surface area (TPSA) is 40.6 Å². The predicted octanol–water partition coefficient (Wildman–Crippen LogP) is 4.47. The number of amides is 2. The van der Waals surface area contributed by atoms with Gasteiger partial charge < -0.3 is 9.80 Å². The number of carbonyl (C=O) groups is 2. The highest BCUT2D eigenvalue weighted by Crippen LogP contribution is 2.50. The molecule has 2 aromatic rings. The van der Waals surface area contributed by atoms with Gasteiger partial charge in [-0.05, 0) is 42.5 Å². The van der Waals surface area contributed by atoms with Crippen LogP contribution in [0.1, 0.15) is 34.7 Å². The van der Waals surface area contributed by atoms with Crippen LogP contribution in [0.5, 0.6) is 0 Å². The Balaban J connectivity index is 1.38. The normalized spacial score (nSPS) is 21.9. The molecule has 2 amide bonds. The summed E-state index contributed by atoms with van der Waals surface area (Å²) in [5, 5.41) is 1.19. The maximum Gasteiger partial charge on any atom is 0.255 e. The van der Waals surface area contributed by atoms with E-state index < -0.39 is 0 Å². The summed E-state index contributed by atoms with van der Waals surface area (Å²) in [4.78, 5) is 29.5. The lowest BCUT2D eigenvalue weighted by molar-refractivity contribution is -0.132. The molecule has 6 heteroatoms. The van der Waals surface area contributed by atoms with Crippen LogP contribution in [0.25, 0.3) is 0 Å². The Morgan fingerprint density at radius 3 is 2.21 bits per heavy atom. The van der Waals surface area contributed by atoms with Crippen molar-refractivity contribution in [2.24, 2.45) is 5.92 Å². The van der Waals surface area contributed by atoms with Crippen molar-refractivity contribution in [3.8, 4) is 0 Å². The Hall–Kier alpha value is -2.04. The fourth-order valence-electron chi connectivity index (χ4n) is 3.97. The summed E-state index contributed by atoms with van der Waals surface area (Å²) in [6.07, 6.45) is 1.62. The minimum atomic E-state index is -0.0692. The SMILES string of the molecule is O=C(c1ccccc1Cl)N1CCCN(C(=O)C2CC2c2ccccc2Cl)CC1. The molecule has 1 saturated heterocycles. The van der Waals surface area contributed by atoms with Crippen LogP contribution in [-0.2, 0) is 4.79 Å². The van der Waals surface area contributed by atoms with Crippen molar-refractivity contribution in [1.29, 1.82) is 0 Å². The second-order valence-corrected chi connectivity index (χ2v) is 8.24. The van der Waals surface area contributed by atoms with Gasteiger partial charge >= 0.3 is 0 Å². The molecule has 28 heavy (non-hydrogen) atoms. The van der Waals surface area contributed by atoms with E-state index in [0.717, 1.165) is 23.4 Å². The van der Waals surface area contributed by atoms with Crippen LogP contribution < -0.4 is 0 Å². The fourth-order valence-corrected chi connectivity index (χ4v) is 4.46. The average molecular weight is 417 g/mol. The van der Waals surface area contributed by atoms with Gasteiger partial charge in [0, 0.05) is 37.1 Å². The van der Waals surface area contributed by atoms with Crippen LogP contribution in [0.3, 0.4) is 0 Å². The van der Waals surface area contributed by atoms with Gasteiger partial charge in [0.25, 0.3) is 5.91 Å². The third kappa shape index (κ3) is 3.89. The van der Waals surface area contributed by atoms with Crippen molar-refractivity contribution in [3.05, 3.63) is 69.7 Å². The maximum absolute atomic E-state index is 13.0. The van der Waals surface area contributed by atoms with E-state index in [1.54, 1.807) is 17.0 Å². The molecule has 4 rings (SSSR count). The quantitative estimate of drug-likeness (QED) is 0.740. The number of hydrogen-bond donors (Lipinski definition) is 0. The highest BCUT2D eigenvalue weighted by Gasteiger charge is 2.46. The van der Waals surface area contributed by atoms with E-state index in [-0.39, 0.29) is 23.7 Å². The molecule has 1 heterocycles. The third-order valence-corrected chi connectivity index (χ3v) is 6.29. The summed E-state index contributed by atoms with van der Waals surface area (Å²) in [6, 6.07) is 14.9. The van der Waals surface area contributed by atoms with E-state index in [4.69, 9.17) is 23.2 Å². The predicted molar refractivity (Wildman–Crippen MR) is 111 cm³/mol. The van der Waals surface area contributed by atoms with E-state index in [1.807, 2.05) is 41.3 Å². The van der Waals surface area contributed by atoms with E-state index in [0.29, 0.717) is 36.8 Å². The van der Waals surface area contributed by atoms with Crippen LogP contribution in [0.2, 0.25) is 10.0 Å². The van der Waals surface area contributed by atoms with Crippen LogP contribution in [0.15, 0.2) is 48.5 Å². The minimum Gasteiger partial charge on any atom is -0.341 e. The van der Waals surface area contributed by atoms with Gasteiger partial charge in [0.05, 0.1) is 10.6 Å². The number of halogens is 2. The Morgan fingerprint density at radius 2 is 1.46 bits per heavy atom. The molecule has 0 N–H and O–H groups in total. The van der Waals surface area contributed by atoms with Crippen LogP contribution >= 0.6 is 23.2 Å². The van der Waals surface area contributed by atoms with Gasteiger partial charge in [-0.3, -0.25) is 9.59 Å². The molecule has 2 fully saturated rings. The number of rotatable bonds is 3. The summed E-state index contributed by atoms with van der Waals surface area (Å²) in [7, 11) is 0. The van der Waals surface area contributed by atoms with Crippen LogP contribution in [0, 0.1) is 5.92 Å². The number of benzene rings is 2. The molecule has 0 bridgehead atoms. The zero-order valence-corrected chi connectivity index (χ0v) is 17.0. The first-order valence-electron chi connectivity index (χ1n) is 9.63. The molecule has 2 atom stereocenters. The first-order valence-corrected chi connectivity index (χ1v) is 10.4. The first kappa shape index (κ1) is 19.3. The van der Waals surface area contributed by atoms with Crippen molar-refractivity contribution >= 4 is 35.0 Å². The smallest absolute Gasteiger partial charge is 0.255 e. The molecule has 2 unspecified atom stereocenters. The monoisotopic (exact) mass is 416 g/mol. The zero-order chi connectivity index (χ0) is 19.7. The van der Waals surface area contributed by atoms with E-state index >= 15 is 0 Å². The Kier molecular flexibility index (Phi) is 5.61. The molecule has 2 aromatic carbocycles. The van der Waals surface area contributed by atoms with Gasteiger partial charge in [0.1, 0.15) is 0 Å². The van der Waals surface area contributed by atoms with Gasteiger partial charge in [-0.15, -0.1) is 0 Å². The van der Waals surface area contributed by atoms with Gasteiger partial charge in [0.15, 0.2) is 0 Å². The Bertz CT molecular complexity index is 902. The molecular formula is C22H22Cl2N2O2. The molecule has 146 valence electrons. The maximum atomic E-state index is 13.0. The summed E-state index contributed by atoms with van der Waals surface area (Å²) in [5.41, 5.74) is 1.58. The Labute approximate surface area is 175 Å². The standard InChI is InChI=1S/C22H22Cl2N2O2/c23-19-8-3-1-6-15(19)17-14-18(17)22(28)26-11-5-10-25(12-13-26)21(27)16-7-2-4-9-20(16)24/h1-4,6-9,17-18H,5,10-14H2. The Morgan fingerprint density at radius 1 is 0.821 bits per heavy atom. The summed E-state index contributed by atoms with van der Waals surface area (Å²) in [6.45, 7) is 2.39. The number of hydrogen-bond acceptors (Lipinski definition) is 2. The summed E-state index contributed by atoms with van der Waals surface area (Å²) in [5.74, 6) is 0.327. The molecule has 0 spiro atoms. The number of nitrogens with zero attached hydrogens (tertiary/aromatic N) is 2. The largest absolute Gasteiger partial charge is 0.341 e. The van der Waals surface area contributed by atoms with Crippen LogP contribution in [-0.4, -0.2) is 47.8 Å². The summed E-state index contributed by atoms with van der Waals surface area (Å²) >= 11 is 12.5. The van der Waals surface area contributed by atoms with Crippen molar-refractivity contribution in [2.75, 3.05) is 26.2 Å². The lowest BCUT2D eigenvalue weighted by Gasteiger charge is -2.23. The van der Waals surface area contributed by atoms with E-state index in [9.17, 15) is 9.59 Å². The lowest BCUT2D eigenvalue weighted by atomic mass is 10.1. The molecule has 0 radical (unpaired) electrons. The highest BCUT2D eigenvalue weighted by molar-refractivity contribution is 6.33. The molecule has 0 aromatic heterocycles. The first-order chi connectivity index (χ1) is 13.6. The van der Waals surface area contributed by atoms with Crippen molar-refractivity contribution in [3.63, 3.8) is 0 Å². The van der Waals surface area contributed by atoms with Crippen molar-refractivity contribution < 1.29 is 9.59 Å². The summed E-state index contributed by atoms with van der Waals surface area (Å²) < 4.78 is 0. The van der Waals surface area contributed by atoms with Crippen molar-refractivity contribution in [2.45, 2.75) is 18.8 Å². The molecule has 1 aliphatic heterocycles. The van der Waals surface area contributed by atoms with E-state index in [1.165, 1.54) is 0 Å². The second kappa shape index (κ2) is 8.14. The number of carbonyl (C=O) groups excluding carboxylic acids is 2. The van der Waals surface area contributed by atoms with Gasteiger partial charge in [0.2, 0.25) is 5.91 Å². The lowest BCUT2D eigenvalue weighted by Crippen LogP contribution is -2.38.